The normalized spacial score (nSPS) is 14.3. The average Bonchev–Trinajstić information content (AvgIpc) is 3.49. The van der Waals surface area contributed by atoms with Gasteiger partial charge in [0.15, 0.2) is 17.5 Å². The highest BCUT2D eigenvalue weighted by Crippen LogP contribution is 2.34. The van der Waals surface area contributed by atoms with Crippen LogP contribution in [0.15, 0.2) is 36.9 Å². The summed E-state index contributed by atoms with van der Waals surface area (Å²) in [5.41, 5.74) is 4.13. The van der Waals surface area contributed by atoms with Crippen LogP contribution in [0.5, 0.6) is 0 Å². The predicted molar refractivity (Wildman–Crippen MR) is 135 cm³/mol. The fourth-order valence-corrected chi connectivity index (χ4v) is 4.70. The fourth-order valence-electron chi connectivity index (χ4n) is 4.70. The van der Waals surface area contributed by atoms with Crippen LogP contribution in [0.2, 0.25) is 0 Å². The molecule has 0 bridgehead atoms. The van der Waals surface area contributed by atoms with Gasteiger partial charge in [-0.05, 0) is 45.2 Å². The summed E-state index contributed by atoms with van der Waals surface area (Å²) in [4.78, 5) is 23.6. The summed E-state index contributed by atoms with van der Waals surface area (Å²) < 4.78 is 15.9. The first kappa shape index (κ1) is 21.5. The van der Waals surface area contributed by atoms with E-state index in [0.29, 0.717) is 28.0 Å². The number of hydrogen-bond donors (Lipinski definition) is 3. The summed E-state index contributed by atoms with van der Waals surface area (Å²) >= 11 is 0. The number of nitrogens with one attached hydrogen (secondary N) is 3. The fraction of sp³-hybridized carbons (Fsp3) is 0.320. The summed E-state index contributed by atoms with van der Waals surface area (Å²) in [5.74, 6) is 0.874. The van der Waals surface area contributed by atoms with E-state index in [0.717, 1.165) is 48.5 Å². The second-order valence-corrected chi connectivity index (χ2v) is 9.21. The molecule has 3 N–H and O–H groups in total. The first-order valence-electron chi connectivity index (χ1n) is 11.9. The highest BCUT2D eigenvalue weighted by Gasteiger charge is 2.23. The molecule has 6 rings (SSSR count). The Hall–Kier alpha value is -4.08. The summed E-state index contributed by atoms with van der Waals surface area (Å²) in [7, 11) is 0. The van der Waals surface area contributed by atoms with E-state index in [4.69, 9.17) is 4.98 Å². The quantitative estimate of drug-likeness (QED) is 0.334. The van der Waals surface area contributed by atoms with Crippen LogP contribution in [-0.4, -0.2) is 54.2 Å². The van der Waals surface area contributed by atoms with Gasteiger partial charge in [0.25, 0.3) is 0 Å². The Morgan fingerprint density at radius 3 is 2.71 bits per heavy atom. The Morgan fingerprint density at radius 1 is 1.03 bits per heavy atom. The van der Waals surface area contributed by atoms with Crippen LogP contribution in [0.4, 0.5) is 15.9 Å². The number of H-pyrrole nitrogens is 2. The van der Waals surface area contributed by atoms with E-state index in [1.807, 2.05) is 26.0 Å². The molecule has 0 saturated carbocycles. The molecule has 10 heteroatoms. The van der Waals surface area contributed by atoms with Crippen LogP contribution < -0.4 is 10.2 Å². The van der Waals surface area contributed by atoms with Crippen molar-refractivity contribution in [2.45, 2.75) is 39.2 Å². The van der Waals surface area contributed by atoms with Crippen molar-refractivity contribution in [3.05, 3.63) is 42.7 Å². The third kappa shape index (κ3) is 3.84. The lowest BCUT2D eigenvalue weighted by atomic mass is 10.1. The number of fused-ring (bicyclic) bond motifs is 2. The van der Waals surface area contributed by atoms with Gasteiger partial charge < -0.3 is 15.2 Å². The first-order valence-corrected chi connectivity index (χ1v) is 11.9. The molecular formula is C25H26FN9. The SMILES string of the molecule is CC(C)Nc1cncc(-c2ncc3[nH]nc(-c4nc5c(N6CCCCC6)nccc5[nH]4)c3c2F)c1. The molecule has 0 aromatic carbocycles. The van der Waals surface area contributed by atoms with Gasteiger partial charge in [0.1, 0.15) is 16.9 Å². The standard InChI is InChI=1S/C25H26FN9/c1-14(2)30-16-10-15(11-27-12-16)21-20(26)19-18(13-29-21)33-34-23(19)24-31-17-6-7-28-25(22(17)32-24)35-8-4-3-5-9-35/h6-7,10-14,30H,3-5,8-9H2,1-2H3,(H,31,32)(H,33,34). The summed E-state index contributed by atoms with van der Waals surface area (Å²) in [6.45, 7) is 5.99. The number of aromatic nitrogens is 7. The maximum absolute atomic E-state index is 15.9. The predicted octanol–water partition coefficient (Wildman–Crippen LogP) is 4.91. The molecule has 0 aliphatic carbocycles. The zero-order chi connectivity index (χ0) is 23.9. The molecule has 0 spiro atoms. The van der Waals surface area contributed by atoms with E-state index in [9.17, 15) is 0 Å². The Kier molecular flexibility index (Phi) is 5.28. The molecule has 1 fully saturated rings. The van der Waals surface area contributed by atoms with Crippen molar-refractivity contribution in [3.8, 4) is 22.8 Å². The second kappa shape index (κ2) is 8.61. The lowest BCUT2D eigenvalue weighted by molar-refractivity contribution is 0.574. The van der Waals surface area contributed by atoms with E-state index < -0.39 is 5.82 Å². The Balaban J connectivity index is 1.45. The van der Waals surface area contributed by atoms with Crippen molar-refractivity contribution in [1.29, 1.82) is 0 Å². The molecule has 5 aromatic heterocycles. The summed E-state index contributed by atoms with van der Waals surface area (Å²) in [6, 6.07) is 3.96. The van der Waals surface area contributed by atoms with Gasteiger partial charge in [0, 0.05) is 43.3 Å². The highest BCUT2D eigenvalue weighted by molar-refractivity contribution is 5.96. The number of pyridine rings is 3. The number of rotatable bonds is 5. The molecule has 0 atom stereocenters. The minimum absolute atomic E-state index is 0.215. The zero-order valence-corrected chi connectivity index (χ0v) is 19.6. The molecule has 1 aliphatic heterocycles. The number of halogens is 1. The van der Waals surface area contributed by atoms with Gasteiger partial charge in [-0.3, -0.25) is 15.1 Å². The van der Waals surface area contributed by atoms with Crippen LogP contribution >= 0.6 is 0 Å². The Bertz CT molecular complexity index is 1510. The topological polar surface area (TPSA) is 111 Å². The van der Waals surface area contributed by atoms with Crippen molar-refractivity contribution in [2.75, 3.05) is 23.3 Å². The minimum atomic E-state index is -0.468. The van der Waals surface area contributed by atoms with Crippen LogP contribution in [0.3, 0.4) is 0 Å². The van der Waals surface area contributed by atoms with Crippen molar-refractivity contribution in [3.63, 3.8) is 0 Å². The average molecular weight is 472 g/mol. The van der Waals surface area contributed by atoms with Gasteiger partial charge in [-0.2, -0.15) is 5.10 Å². The van der Waals surface area contributed by atoms with E-state index in [1.165, 1.54) is 6.42 Å². The smallest absolute Gasteiger partial charge is 0.161 e. The molecule has 0 radical (unpaired) electrons. The lowest BCUT2D eigenvalue weighted by Crippen LogP contribution is -2.30. The van der Waals surface area contributed by atoms with Crippen molar-refractivity contribution >= 4 is 33.4 Å². The highest BCUT2D eigenvalue weighted by atomic mass is 19.1. The van der Waals surface area contributed by atoms with Crippen LogP contribution in [-0.2, 0) is 0 Å². The minimum Gasteiger partial charge on any atom is -0.382 e. The molecule has 6 heterocycles. The van der Waals surface area contributed by atoms with Crippen molar-refractivity contribution in [1.82, 2.24) is 35.1 Å². The van der Waals surface area contributed by atoms with Crippen LogP contribution in [0.1, 0.15) is 33.1 Å². The van der Waals surface area contributed by atoms with Gasteiger partial charge in [0.2, 0.25) is 0 Å². The van der Waals surface area contributed by atoms with E-state index >= 15 is 4.39 Å². The lowest BCUT2D eigenvalue weighted by Gasteiger charge is -2.27. The van der Waals surface area contributed by atoms with E-state index in [2.05, 4.69) is 40.3 Å². The first-order chi connectivity index (χ1) is 17.1. The molecule has 0 amide bonds. The third-order valence-electron chi connectivity index (χ3n) is 6.27. The molecule has 5 aromatic rings. The molecule has 178 valence electrons. The van der Waals surface area contributed by atoms with Crippen LogP contribution in [0.25, 0.3) is 44.7 Å². The Labute approximate surface area is 201 Å². The second-order valence-electron chi connectivity index (χ2n) is 9.21. The molecule has 9 nitrogen and oxygen atoms in total. The number of piperidine rings is 1. The molecule has 1 saturated heterocycles. The number of nitrogens with zero attached hydrogens (tertiary/aromatic N) is 6. The third-order valence-corrected chi connectivity index (χ3v) is 6.27. The number of imidazole rings is 1. The van der Waals surface area contributed by atoms with Crippen molar-refractivity contribution < 1.29 is 4.39 Å². The van der Waals surface area contributed by atoms with Gasteiger partial charge in [-0.15, -0.1) is 0 Å². The largest absolute Gasteiger partial charge is 0.382 e. The number of hydrogen-bond acceptors (Lipinski definition) is 7. The number of aromatic amines is 2. The Morgan fingerprint density at radius 2 is 1.89 bits per heavy atom. The summed E-state index contributed by atoms with van der Waals surface area (Å²) in [5, 5.41) is 10.9. The van der Waals surface area contributed by atoms with Gasteiger partial charge in [-0.25, -0.2) is 14.4 Å². The van der Waals surface area contributed by atoms with E-state index in [1.54, 1.807) is 24.8 Å². The van der Waals surface area contributed by atoms with Gasteiger partial charge in [0.05, 0.1) is 28.3 Å². The maximum Gasteiger partial charge on any atom is 0.161 e. The van der Waals surface area contributed by atoms with Gasteiger partial charge >= 0.3 is 0 Å². The van der Waals surface area contributed by atoms with Gasteiger partial charge in [-0.1, -0.05) is 0 Å². The van der Waals surface area contributed by atoms with Crippen molar-refractivity contribution in [2.24, 2.45) is 0 Å². The molecule has 1 aliphatic rings. The van der Waals surface area contributed by atoms with Crippen LogP contribution in [0, 0.1) is 5.82 Å². The summed E-state index contributed by atoms with van der Waals surface area (Å²) in [6.07, 6.45) is 10.2. The van der Waals surface area contributed by atoms with E-state index in [-0.39, 0.29) is 11.7 Å². The molecule has 0 unspecified atom stereocenters. The number of anilines is 2. The monoisotopic (exact) mass is 471 g/mol. The maximum atomic E-state index is 15.9. The molecule has 35 heavy (non-hydrogen) atoms. The molecular weight excluding hydrogens is 445 g/mol. The zero-order valence-electron chi connectivity index (χ0n) is 19.6.